The molecule has 0 saturated carbocycles. The fourth-order valence-corrected chi connectivity index (χ4v) is 2.66. The van der Waals surface area contributed by atoms with Gasteiger partial charge in [0.1, 0.15) is 0 Å². The molecule has 0 aliphatic rings. The molecule has 0 unspecified atom stereocenters. The number of aryl methyl sites for hydroxylation is 1. The van der Waals surface area contributed by atoms with Crippen LogP contribution in [0.25, 0.3) is 0 Å². The first-order valence-corrected chi connectivity index (χ1v) is 7.42. The maximum Gasteiger partial charge on any atom is 0.0534 e. The second-order valence-electron chi connectivity index (χ2n) is 5.68. The molecule has 4 nitrogen and oxygen atoms in total. The van der Waals surface area contributed by atoms with Crippen LogP contribution < -0.4 is 5.32 Å². The van der Waals surface area contributed by atoms with E-state index in [9.17, 15) is 0 Å². The van der Waals surface area contributed by atoms with Crippen molar-refractivity contribution < 1.29 is 0 Å². The third-order valence-electron chi connectivity index (χ3n) is 4.07. The molecule has 0 amide bonds. The van der Waals surface area contributed by atoms with E-state index in [1.165, 1.54) is 18.4 Å². The highest BCUT2D eigenvalue weighted by molar-refractivity contribution is 5.03. The zero-order valence-electron chi connectivity index (χ0n) is 13.2. The van der Waals surface area contributed by atoms with E-state index >= 15 is 0 Å². The van der Waals surface area contributed by atoms with Crippen LogP contribution >= 0.6 is 0 Å². The monoisotopic (exact) mass is 266 g/mol. The third-order valence-corrected chi connectivity index (χ3v) is 4.07. The Hall–Kier alpha value is -0.870. The van der Waals surface area contributed by atoms with Crippen LogP contribution in [0.5, 0.6) is 0 Å². The van der Waals surface area contributed by atoms with E-state index in [-0.39, 0.29) is 0 Å². The Kier molecular flexibility index (Phi) is 6.52. The van der Waals surface area contributed by atoms with E-state index in [0.29, 0.717) is 5.41 Å². The van der Waals surface area contributed by atoms with Gasteiger partial charge in [0.25, 0.3) is 0 Å². The Labute approximate surface area is 118 Å². The molecule has 0 spiro atoms. The number of aromatic nitrogens is 2. The van der Waals surface area contributed by atoms with E-state index in [4.69, 9.17) is 0 Å². The summed E-state index contributed by atoms with van der Waals surface area (Å²) in [5.74, 6) is 0. The molecule has 1 aromatic heterocycles. The van der Waals surface area contributed by atoms with Gasteiger partial charge in [-0.2, -0.15) is 5.10 Å². The summed E-state index contributed by atoms with van der Waals surface area (Å²) < 4.78 is 1.87. The lowest BCUT2D eigenvalue weighted by molar-refractivity contribution is 0.151. The van der Waals surface area contributed by atoms with Crippen molar-refractivity contribution in [1.29, 1.82) is 0 Å². The molecule has 0 aromatic carbocycles. The lowest BCUT2D eigenvalue weighted by atomic mass is 9.81. The van der Waals surface area contributed by atoms with Crippen molar-refractivity contribution in [1.82, 2.24) is 20.0 Å². The van der Waals surface area contributed by atoms with Crippen molar-refractivity contribution in [3.05, 3.63) is 18.0 Å². The Bertz CT molecular complexity index is 355. The van der Waals surface area contributed by atoms with Crippen LogP contribution in [0.4, 0.5) is 0 Å². The van der Waals surface area contributed by atoms with Crippen molar-refractivity contribution in [3.63, 3.8) is 0 Å². The zero-order chi connectivity index (χ0) is 14.3. The summed E-state index contributed by atoms with van der Waals surface area (Å²) in [5.41, 5.74) is 1.67. The van der Waals surface area contributed by atoms with Crippen LogP contribution in [0.1, 0.15) is 39.2 Å². The van der Waals surface area contributed by atoms with Crippen molar-refractivity contribution >= 4 is 0 Å². The lowest BCUT2D eigenvalue weighted by Crippen LogP contribution is -2.42. The predicted octanol–water partition coefficient (Wildman–Crippen LogP) is 2.27. The van der Waals surface area contributed by atoms with Crippen LogP contribution in [-0.4, -0.2) is 41.4 Å². The molecular weight excluding hydrogens is 236 g/mol. The molecule has 4 heteroatoms. The highest BCUT2D eigenvalue weighted by Gasteiger charge is 2.27. The minimum Gasteiger partial charge on any atom is -0.316 e. The molecule has 19 heavy (non-hydrogen) atoms. The Morgan fingerprint density at radius 3 is 2.47 bits per heavy atom. The number of hydrogen-bond acceptors (Lipinski definition) is 3. The minimum atomic E-state index is 0.382. The van der Waals surface area contributed by atoms with E-state index < -0.39 is 0 Å². The standard InChI is InChI=1S/C15H30N4/c1-6-15(7-2,12-16-8-3)13-18(4)10-14-9-17-19(5)11-14/h9,11,16H,6-8,10,12-13H2,1-5H3. The molecule has 0 aliphatic carbocycles. The SMILES string of the molecule is CCNCC(CC)(CC)CN(C)Cc1cnn(C)c1. The van der Waals surface area contributed by atoms with Gasteiger partial charge in [0.2, 0.25) is 0 Å². The summed E-state index contributed by atoms with van der Waals surface area (Å²) in [6, 6.07) is 0. The van der Waals surface area contributed by atoms with Crippen LogP contribution in [-0.2, 0) is 13.6 Å². The fourth-order valence-electron chi connectivity index (χ4n) is 2.66. The molecular formula is C15H30N4. The number of rotatable bonds is 9. The van der Waals surface area contributed by atoms with E-state index in [2.05, 4.69) is 49.3 Å². The fraction of sp³-hybridized carbons (Fsp3) is 0.800. The van der Waals surface area contributed by atoms with Crippen LogP contribution in [0.2, 0.25) is 0 Å². The minimum absolute atomic E-state index is 0.382. The van der Waals surface area contributed by atoms with Gasteiger partial charge in [-0.15, -0.1) is 0 Å². The van der Waals surface area contributed by atoms with Gasteiger partial charge in [-0.05, 0) is 31.8 Å². The van der Waals surface area contributed by atoms with E-state index in [0.717, 1.165) is 26.2 Å². The normalized spacial score (nSPS) is 12.3. The number of hydrogen-bond donors (Lipinski definition) is 1. The lowest BCUT2D eigenvalue weighted by Gasteiger charge is -2.36. The number of nitrogens with zero attached hydrogens (tertiary/aromatic N) is 3. The highest BCUT2D eigenvalue weighted by atomic mass is 15.2. The molecule has 0 fully saturated rings. The second-order valence-corrected chi connectivity index (χ2v) is 5.68. The quantitative estimate of drug-likeness (QED) is 0.744. The first kappa shape index (κ1) is 16.2. The Balaban J connectivity index is 2.57. The smallest absolute Gasteiger partial charge is 0.0534 e. The number of nitrogens with one attached hydrogen (secondary N) is 1. The molecule has 110 valence electrons. The molecule has 1 aromatic rings. The predicted molar refractivity (Wildman–Crippen MR) is 81.1 cm³/mol. The van der Waals surface area contributed by atoms with E-state index in [1.807, 2.05) is 17.9 Å². The summed E-state index contributed by atoms with van der Waals surface area (Å²) in [6.07, 6.45) is 6.49. The molecule has 0 aliphatic heterocycles. The van der Waals surface area contributed by atoms with Gasteiger partial charge >= 0.3 is 0 Å². The summed E-state index contributed by atoms with van der Waals surface area (Å²) >= 11 is 0. The average molecular weight is 266 g/mol. The Morgan fingerprint density at radius 1 is 1.32 bits per heavy atom. The zero-order valence-corrected chi connectivity index (χ0v) is 13.2. The van der Waals surface area contributed by atoms with Crippen LogP contribution in [0, 0.1) is 5.41 Å². The van der Waals surface area contributed by atoms with Gasteiger partial charge in [-0.1, -0.05) is 20.8 Å². The second kappa shape index (κ2) is 7.65. The molecule has 0 bridgehead atoms. The molecule has 1 N–H and O–H groups in total. The highest BCUT2D eigenvalue weighted by Crippen LogP contribution is 2.27. The molecule has 0 saturated heterocycles. The summed E-state index contributed by atoms with van der Waals surface area (Å²) in [5, 5.41) is 7.75. The first-order chi connectivity index (χ1) is 9.05. The van der Waals surface area contributed by atoms with Crippen molar-refractivity contribution in [2.24, 2.45) is 12.5 Å². The summed E-state index contributed by atoms with van der Waals surface area (Å²) in [6.45, 7) is 11.0. The van der Waals surface area contributed by atoms with Gasteiger partial charge < -0.3 is 10.2 Å². The topological polar surface area (TPSA) is 33.1 Å². The maximum atomic E-state index is 4.23. The average Bonchev–Trinajstić information content (AvgIpc) is 2.80. The van der Waals surface area contributed by atoms with Crippen molar-refractivity contribution in [2.45, 2.75) is 40.2 Å². The van der Waals surface area contributed by atoms with E-state index in [1.54, 1.807) is 0 Å². The van der Waals surface area contributed by atoms with Gasteiger partial charge in [-0.25, -0.2) is 0 Å². The third kappa shape index (κ3) is 4.96. The summed E-state index contributed by atoms with van der Waals surface area (Å²) in [7, 11) is 4.18. The van der Waals surface area contributed by atoms with Crippen molar-refractivity contribution in [2.75, 3.05) is 26.7 Å². The van der Waals surface area contributed by atoms with Gasteiger partial charge in [0.05, 0.1) is 6.20 Å². The molecule has 1 rings (SSSR count). The van der Waals surface area contributed by atoms with Crippen LogP contribution in [0.3, 0.4) is 0 Å². The summed E-state index contributed by atoms with van der Waals surface area (Å²) in [4.78, 5) is 2.42. The van der Waals surface area contributed by atoms with Gasteiger partial charge in [0, 0.05) is 38.4 Å². The Morgan fingerprint density at radius 2 is 2.00 bits per heavy atom. The van der Waals surface area contributed by atoms with Gasteiger partial charge in [-0.3, -0.25) is 4.68 Å². The van der Waals surface area contributed by atoms with Crippen LogP contribution in [0.15, 0.2) is 12.4 Å². The first-order valence-electron chi connectivity index (χ1n) is 7.42. The largest absolute Gasteiger partial charge is 0.316 e. The molecule has 0 atom stereocenters. The molecule has 0 radical (unpaired) electrons. The van der Waals surface area contributed by atoms with Gasteiger partial charge in [0.15, 0.2) is 0 Å². The van der Waals surface area contributed by atoms with Crippen molar-refractivity contribution in [3.8, 4) is 0 Å². The maximum absolute atomic E-state index is 4.23. The molecule has 1 heterocycles.